The normalized spacial score (nSPS) is 11.2. The molecule has 0 aliphatic carbocycles. The Bertz CT molecular complexity index is 852. The summed E-state index contributed by atoms with van der Waals surface area (Å²) in [4.78, 5) is 15.3. The minimum atomic E-state index is -0.0977. The van der Waals surface area contributed by atoms with Gasteiger partial charge in [-0.25, -0.2) is 4.68 Å². The van der Waals surface area contributed by atoms with E-state index in [4.69, 9.17) is 4.74 Å². The van der Waals surface area contributed by atoms with Crippen molar-refractivity contribution in [3.63, 3.8) is 0 Å². The molecule has 23 heavy (non-hydrogen) atoms. The molecule has 0 bridgehead atoms. The predicted octanol–water partition coefficient (Wildman–Crippen LogP) is 1.76. The molecule has 0 aliphatic heterocycles. The lowest BCUT2D eigenvalue weighted by Crippen LogP contribution is -2.24. The van der Waals surface area contributed by atoms with E-state index in [1.54, 1.807) is 11.8 Å². The SMILES string of the molecule is COCCNCc1cc2c(C)nn(-c3ccccc3)c2[nH]c1=O. The number of ether oxygens (including phenoxy) is 1. The fourth-order valence-corrected chi connectivity index (χ4v) is 2.54. The average molecular weight is 312 g/mol. The number of hydrogen-bond acceptors (Lipinski definition) is 4. The van der Waals surface area contributed by atoms with E-state index in [0.717, 1.165) is 22.4 Å². The van der Waals surface area contributed by atoms with Crippen LogP contribution in [0, 0.1) is 6.92 Å². The third-order valence-electron chi connectivity index (χ3n) is 3.75. The van der Waals surface area contributed by atoms with Crippen LogP contribution in [0.25, 0.3) is 16.7 Å². The van der Waals surface area contributed by atoms with Gasteiger partial charge in [0.25, 0.3) is 5.56 Å². The number of hydrogen-bond donors (Lipinski definition) is 2. The van der Waals surface area contributed by atoms with E-state index in [1.165, 1.54) is 0 Å². The minimum Gasteiger partial charge on any atom is -0.383 e. The van der Waals surface area contributed by atoms with Crippen molar-refractivity contribution in [2.24, 2.45) is 0 Å². The maximum absolute atomic E-state index is 12.3. The number of rotatable bonds is 6. The molecule has 0 spiro atoms. The molecule has 0 fully saturated rings. The van der Waals surface area contributed by atoms with Gasteiger partial charge in [-0.2, -0.15) is 5.10 Å². The van der Waals surface area contributed by atoms with Crippen molar-refractivity contribution in [1.82, 2.24) is 20.1 Å². The summed E-state index contributed by atoms with van der Waals surface area (Å²) in [6.07, 6.45) is 0. The largest absolute Gasteiger partial charge is 0.383 e. The van der Waals surface area contributed by atoms with Crippen LogP contribution in [0.1, 0.15) is 11.3 Å². The van der Waals surface area contributed by atoms with Gasteiger partial charge in [0.1, 0.15) is 5.65 Å². The molecule has 3 rings (SSSR count). The van der Waals surface area contributed by atoms with Crippen molar-refractivity contribution in [2.75, 3.05) is 20.3 Å². The Labute approximate surface area is 134 Å². The van der Waals surface area contributed by atoms with Crippen LogP contribution < -0.4 is 10.9 Å². The summed E-state index contributed by atoms with van der Waals surface area (Å²) in [6.45, 7) is 3.77. The number of aromatic amines is 1. The van der Waals surface area contributed by atoms with Crippen LogP contribution >= 0.6 is 0 Å². The number of nitrogens with one attached hydrogen (secondary N) is 2. The Morgan fingerprint density at radius 1 is 1.30 bits per heavy atom. The third kappa shape index (κ3) is 3.18. The molecule has 0 saturated carbocycles. The molecule has 0 radical (unpaired) electrons. The second kappa shape index (κ2) is 6.76. The Morgan fingerprint density at radius 3 is 2.83 bits per heavy atom. The highest BCUT2D eigenvalue weighted by molar-refractivity contribution is 5.80. The lowest BCUT2D eigenvalue weighted by molar-refractivity contribution is 0.199. The molecule has 0 atom stereocenters. The van der Waals surface area contributed by atoms with Gasteiger partial charge in [-0.3, -0.25) is 4.79 Å². The summed E-state index contributed by atoms with van der Waals surface area (Å²) in [5.74, 6) is 0. The molecule has 6 nitrogen and oxygen atoms in total. The lowest BCUT2D eigenvalue weighted by Gasteiger charge is -2.05. The van der Waals surface area contributed by atoms with Gasteiger partial charge in [-0.15, -0.1) is 0 Å². The number of para-hydroxylation sites is 1. The number of benzene rings is 1. The average Bonchev–Trinajstić information content (AvgIpc) is 2.88. The molecule has 3 aromatic rings. The quantitative estimate of drug-likeness (QED) is 0.680. The monoisotopic (exact) mass is 312 g/mol. The van der Waals surface area contributed by atoms with E-state index < -0.39 is 0 Å². The highest BCUT2D eigenvalue weighted by atomic mass is 16.5. The van der Waals surface area contributed by atoms with Crippen LogP contribution in [-0.2, 0) is 11.3 Å². The zero-order valence-electron chi connectivity index (χ0n) is 13.3. The Kier molecular flexibility index (Phi) is 4.55. The standard InChI is InChI=1S/C17H20N4O2/c1-12-15-10-13(11-18-8-9-23-2)17(22)19-16(15)21(20-12)14-6-4-3-5-7-14/h3-7,10,18H,8-9,11H2,1-2H3,(H,19,22). The molecular formula is C17H20N4O2. The van der Waals surface area contributed by atoms with Crippen LogP contribution in [0.5, 0.6) is 0 Å². The zero-order chi connectivity index (χ0) is 16.2. The molecule has 6 heteroatoms. The van der Waals surface area contributed by atoms with Crippen molar-refractivity contribution >= 4 is 11.0 Å². The predicted molar refractivity (Wildman–Crippen MR) is 90.0 cm³/mol. The number of aromatic nitrogens is 3. The number of H-pyrrole nitrogens is 1. The lowest BCUT2D eigenvalue weighted by atomic mass is 10.2. The molecule has 0 aliphatic rings. The summed E-state index contributed by atoms with van der Waals surface area (Å²) >= 11 is 0. The maximum atomic E-state index is 12.3. The van der Waals surface area contributed by atoms with Gasteiger partial charge in [0.05, 0.1) is 18.0 Å². The molecule has 0 saturated heterocycles. The Balaban J connectivity index is 1.98. The highest BCUT2D eigenvalue weighted by Gasteiger charge is 2.12. The van der Waals surface area contributed by atoms with Gasteiger partial charge < -0.3 is 15.0 Å². The topological polar surface area (TPSA) is 71.9 Å². The molecule has 0 unspecified atom stereocenters. The van der Waals surface area contributed by atoms with Crippen molar-refractivity contribution < 1.29 is 4.74 Å². The Hall–Kier alpha value is -2.44. The first-order chi connectivity index (χ1) is 11.2. The van der Waals surface area contributed by atoms with E-state index in [-0.39, 0.29) is 5.56 Å². The number of aryl methyl sites for hydroxylation is 1. The number of pyridine rings is 1. The molecule has 0 amide bonds. The molecule has 2 N–H and O–H groups in total. The summed E-state index contributed by atoms with van der Waals surface area (Å²) in [5.41, 5.74) is 3.13. The van der Waals surface area contributed by atoms with Gasteiger partial charge in [0.15, 0.2) is 0 Å². The Morgan fingerprint density at radius 2 is 2.09 bits per heavy atom. The van der Waals surface area contributed by atoms with Crippen molar-refractivity contribution in [2.45, 2.75) is 13.5 Å². The van der Waals surface area contributed by atoms with Crippen LogP contribution in [0.15, 0.2) is 41.2 Å². The van der Waals surface area contributed by atoms with Crippen LogP contribution in [0.3, 0.4) is 0 Å². The minimum absolute atomic E-state index is 0.0977. The summed E-state index contributed by atoms with van der Waals surface area (Å²) in [6, 6.07) is 11.7. The molecule has 2 heterocycles. The molecule has 120 valence electrons. The number of methoxy groups -OCH3 is 1. The molecule has 2 aromatic heterocycles. The zero-order valence-corrected chi connectivity index (χ0v) is 13.3. The molecular weight excluding hydrogens is 292 g/mol. The van der Waals surface area contributed by atoms with E-state index in [0.29, 0.717) is 25.3 Å². The smallest absolute Gasteiger partial charge is 0.254 e. The first-order valence-electron chi connectivity index (χ1n) is 7.57. The van der Waals surface area contributed by atoms with E-state index in [9.17, 15) is 4.79 Å². The maximum Gasteiger partial charge on any atom is 0.254 e. The van der Waals surface area contributed by atoms with E-state index >= 15 is 0 Å². The second-order valence-electron chi connectivity index (χ2n) is 5.39. The van der Waals surface area contributed by atoms with Crippen molar-refractivity contribution in [3.8, 4) is 5.69 Å². The van der Waals surface area contributed by atoms with Gasteiger partial charge in [0, 0.05) is 31.1 Å². The van der Waals surface area contributed by atoms with Gasteiger partial charge in [-0.1, -0.05) is 18.2 Å². The van der Waals surface area contributed by atoms with Crippen molar-refractivity contribution in [3.05, 3.63) is 58.0 Å². The number of nitrogens with zero attached hydrogens (tertiary/aromatic N) is 2. The highest BCUT2D eigenvalue weighted by Crippen LogP contribution is 2.19. The van der Waals surface area contributed by atoms with Crippen molar-refractivity contribution in [1.29, 1.82) is 0 Å². The first kappa shape index (κ1) is 15.5. The summed E-state index contributed by atoms with van der Waals surface area (Å²) in [7, 11) is 1.65. The fourth-order valence-electron chi connectivity index (χ4n) is 2.54. The number of fused-ring (bicyclic) bond motifs is 1. The van der Waals surface area contributed by atoms with Crippen LogP contribution in [0.4, 0.5) is 0 Å². The second-order valence-corrected chi connectivity index (χ2v) is 5.39. The van der Waals surface area contributed by atoms with Crippen LogP contribution in [-0.4, -0.2) is 35.0 Å². The summed E-state index contributed by atoms with van der Waals surface area (Å²) < 4.78 is 6.76. The van der Waals surface area contributed by atoms with Gasteiger partial charge in [-0.05, 0) is 25.1 Å². The van der Waals surface area contributed by atoms with Crippen LogP contribution in [0.2, 0.25) is 0 Å². The van der Waals surface area contributed by atoms with Gasteiger partial charge in [0.2, 0.25) is 0 Å². The van der Waals surface area contributed by atoms with E-state index in [1.807, 2.05) is 43.3 Å². The first-order valence-corrected chi connectivity index (χ1v) is 7.57. The third-order valence-corrected chi connectivity index (χ3v) is 3.75. The fraction of sp³-hybridized carbons (Fsp3) is 0.294. The van der Waals surface area contributed by atoms with E-state index in [2.05, 4.69) is 15.4 Å². The van der Waals surface area contributed by atoms with Gasteiger partial charge >= 0.3 is 0 Å². The molecule has 1 aromatic carbocycles. The summed E-state index contributed by atoms with van der Waals surface area (Å²) in [5, 5.41) is 8.71.